The monoisotopic (exact) mass is 421 g/mol. The predicted octanol–water partition coefficient (Wildman–Crippen LogP) is 4.90. The second-order valence-electron chi connectivity index (χ2n) is 6.64. The van der Waals surface area contributed by atoms with Crippen LogP contribution in [-0.2, 0) is 16.1 Å². The molecule has 4 rings (SSSR count). The van der Waals surface area contributed by atoms with Crippen molar-refractivity contribution in [1.82, 2.24) is 0 Å². The number of rotatable bonds is 6. The number of benzene rings is 3. The van der Waals surface area contributed by atoms with E-state index < -0.39 is 11.8 Å². The molecule has 3 aromatic carbocycles. The Labute approximate surface area is 177 Å². The summed E-state index contributed by atoms with van der Waals surface area (Å²) in [6.07, 6.45) is 1.52. The summed E-state index contributed by atoms with van der Waals surface area (Å²) in [6.45, 7) is 0.236. The van der Waals surface area contributed by atoms with Crippen LogP contribution in [0, 0.1) is 11.6 Å². The highest BCUT2D eigenvalue weighted by atomic mass is 19.1. The number of ether oxygens (including phenoxy) is 3. The minimum absolute atomic E-state index is 0.0419. The number of carbonyl (C=O) groups excluding carboxylic acids is 1. The van der Waals surface area contributed by atoms with E-state index in [1.54, 1.807) is 42.5 Å². The zero-order chi connectivity index (χ0) is 21.8. The van der Waals surface area contributed by atoms with Crippen molar-refractivity contribution in [3.8, 4) is 11.5 Å². The van der Waals surface area contributed by atoms with Gasteiger partial charge in [-0.3, -0.25) is 0 Å². The summed E-state index contributed by atoms with van der Waals surface area (Å²) < 4.78 is 43.2. The van der Waals surface area contributed by atoms with E-state index in [1.165, 1.54) is 37.5 Å². The van der Waals surface area contributed by atoms with Crippen molar-refractivity contribution in [3.63, 3.8) is 0 Å². The Morgan fingerprint density at radius 3 is 2.52 bits per heavy atom. The van der Waals surface area contributed by atoms with E-state index in [0.29, 0.717) is 17.1 Å². The molecule has 1 aliphatic heterocycles. The molecule has 0 bridgehead atoms. The highest BCUT2D eigenvalue weighted by Gasteiger charge is 2.26. The average Bonchev–Trinajstić information content (AvgIpc) is 3.14. The molecule has 0 fully saturated rings. The fourth-order valence-electron chi connectivity index (χ4n) is 2.95. The minimum Gasteiger partial charge on any atom is -0.493 e. The van der Waals surface area contributed by atoms with Crippen LogP contribution in [0.5, 0.6) is 11.5 Å². The SMILES string of the molecule is COc1cc(/C=C2/N=C(c3ccccc3F)OC2=O)ccc1OCc1ccc(F)cc1. The Kier molecular flexibility index (Phi) is 5.75. The summed E-state index contributed by atoms with van der Waals surface area (Å²) in [5, 5.41) is 0. The highest BCUT2D eigenvalue weighted by Crippen LogP contribution is 2.30. The number of hydrogen-bond acceptors (Lipinski definition) is 5. The summed E-state index contributed by atoms with van der Waals surface area (Å²) in [5.41, 5.74) is 1.58. The molecular formula is C24H17F2NO4. The van der Waals surface area contributed by atoms with Gasteiger partial charge in [0.1, 0.15) is 18.2 Å². The van der Waals surface area contributed by atoms with Crippen LogP contribution < -0.4 is 9.47 Å². The van der Waals surface area contributed by atoms with Crippen LogP contribution in [0.1, 0.15) is 16.7 Å². The molecule has 0 unspecified atom stereocenters. The van der Waals surface area contributed by atoms with Gasteiger partial charge in [-0.1, -0.05) is 30.3 Å². The van der Waals surface area contributed by atoms with Crippen molar-refractivity contribution < 1.29 is 27.8 Å². The zero-order valence-corrected chi connectivity index (χ0v) is 16.5. The normalized spacial score (nSPS) is 14.4. The number of halogens is 2. The molecule has 1 aliphatic rings. The maximum Gasteiger partial charge on any atom is 0.363 e. The maximum atomic E-state index is 13.9. The van der Waals surface area contributed by atoms with Crippen LogP contribution in [0.15, 0.2) is 77.4 Å². The number of esters is 1. The van der Waals surface area contributed by atoms with Gasteiger partial charge in [-0.05, 0) is 53.6 Å². The van der Waals surface area contributed by atoms with Crippen LogP contribution in [0.2, 0.25) is 0 Å². The predicted molar refractivity (Wildman–Crippen MR) is 111 cm³/mol. The number of nitrogens with zero attached hydrogens (tertiary/aromatic N) is 1. The molecule has 0 saturated heterocycles. The number of aliphatic imine (C=N–C) groups is 1. The fourth-order valence-corrected chi connectivity index (χ4v) is 2.95. The molecule has 0 aromatic heterocycles. The standard InChI is InChI=1S/C24H17F2NO4/c1-29-22-13-16(8-11-21(22)30-14-15-6-9-17(25)10-7-15)12-20-24(28)31-23(27-20)18-4-2-3-5-19(18)26/h2-13H,14H2,1H3/b20-12+. The molecule has 31 heavy (non-hydrogen) atoms. The third-order valence-corrected chi connectivity index (χ3v) is 4.52. The van der Waals surface area contributed by atoms with Crippen molar-refractivity contribution in [2.75, 3.05) is 7.11 Å². The Bertz CT molecular complexity index is 1190. The molecule has 1 heterocycles. The number of cyclic esters (lactones) is 1. The summed E-state index contributed by atoms with van der Waals surface area (Å²) in [5.74, 6) is -0.668. The van der Waals surface area contributed by atoms with Crippen molar-refractivity contribution in [3.05, 3.63) is 101 Å². The van der Waals surface area contributed by atoms with E-state index >= 15 is 0 Å². The molecule has 5 nitrogen and oxygen atoms in total. The molecule has 7 heteroatoms. The van der Waals surface area contributed by atoms with Crippen LogP contribution >= 0.6 is 0 Å². The van der Waals surface area contributed by atoms with Crippen LogP contribution in [0.25, 0.3) is 6.08 Å². The molecule has 0 aliphatic carbocycles. The van der Waals surface area contributed by atoms with Gasteiger partial charge in [-0.2, -0.15) is 0 Å². The second kappa shape index (κ2) is 8.79. The number of hydrogen-bond donors (Lipinski definition) is 0. The number of carbonyl (C=O) groups is 1. The molecular weight excluding hydrogens is 404 g/mol. The first-order chi connectivity index (χ1) is 15.0. The molecule has 3 aromatic rings. The molecule has 156 valence electrons. The van der Waals surface area contributed by atoms with Crippen LogP contribution in [0.3, 0.4) is 0 Å². The minimum atomic E-state index is -0.672. The molecule has 0 saturated carbocycles. The fraction of sp³-hybridized carbons (Fsp3) is 0.0833. The lowest BCUT2D eigenvalue weighted by molar-refractivity contribution is -0.129. The van der Waals surface area contributed by atoms with E-state index in [4.69, 9.17) is 14.2 Å². The van der Waals surface area contributed by atoms with Gasteiger partial charge in [-0.25, -0.2) is 18.6 Å². The van der Waals surface area contributed by atoms with E-state index in [1.807, 2.05) is 0 Å². The maximum absolute atomic E-state index is 13.9. The van der Waals surface area contributed by atoms with Gasteiger partial charge in [0.05, 0.1) is 12.7 Å². The topological polar surface area (TPSA) is 57.1 Å². The molecule has 0 amide bonds. The Morgan fingerprint density at radius 1 is 1.00 bits per heavy atom. The van der Waals surface area contributed by atoms with Gasteiger partial charge >= 0.3 is 5.97 Å². The third-order valence-electron chi connectivity index (χ3n) is 4.52. The first kappa shape index (κ1) is 20.3. The molecule has 0 atom stereocenters. The lowest BCUT2D eigenvalue weighted by Crippen LogP contribution is -2.07. The van der Waals surface area contributed by atoms with Crippen molar-refractivity contribution >= 4 is 17.9 Å². The van der Waals surface area contributed by atoms with Gasteiger partial charge in [-0.15, -0.1) is 0 Å². The Hall–Kier alpha value is -4.00. The summed E-state index contributed by atoms with van der Waals surface area (Å²) in [4.78, 5) is 16.3. The molecule has 0 spiro atoms. The van der Waals surface area contributed by atoms with Crippen molar-refractivity contribution in [1.29, 1.82) is 0 Å². The first-order valence-corrected chi connectivity index (χ1v) is 9.36. The van der Waals surface area contributed by atoms with Gasteiger partial charge in [0.2, 0.25) is 5.90 Å². The van der Waals surface area contributed by atoms with Gasteiger partial charge in [0.15, 0.2) is 17.2 Å². The first-order valence-electron chi connectivity index (χ1n) is 9.36. The van der Waals surface area contributed by atoms with Crippen LogP contribution in [-0.4, -0.2) is 19.0 Å². The summed E-state index contributed by atoms with van der Waals surface area (Å²) in [7, 11) is 1.50. The summed E-state index contributed by atoms with van der Waals surface area (Å²) in [6, 6.07) is 17.0. The zero-order valence-electron chi connectivity index (χ0n) is 16.5. The van der Waals surface area contributed by atoms with Crippen LogP contribution in [0.4, 0.5) is 8.78 Å². The van der Waals surface area contributed by atoms with Crippen molar-refractivity contribution in [2.24, 2.45) is 4.99 Å². The lowest BCUT2D eigenvalue weighted by atomic mass is 10.1. The second-order valence-corrected chi connectivity index (χ2v) is 6.64. The smallest absolute Gasteiger partial charge is 0.363 e. The van der Waals surface area contributed by atoms with E-state index in [2.05, 4.69) is 4.99 Å². The van der Waals surface area contributed by atoms with Crippen molar-refractivity contribution in [2.45, 2.75) is 6.61 Å². The summed E-state index contributed by atoms with van der Waals surface area (Å²) >= 11 is 0. The quantitative estimate of drug-likeness (QED) is 0.420. The lowest BCUT2D eigenvalue weighted by Gasteiger charge is -2.11. The molecule has 0 N–H and O–H groups in total. The van der Waals surface area contributed by atoms with E-state index in [0.717, 1.165) is 5.56 Å². The Balaban J connectivity index is 1.54. The van der Waals surface area contributed by atoms with Gasteiger partial charge in [0.25, 0.3) is 0 Å². The number of methoxy groups -OCH3 is 1. The largest absolute Gasteiger partial charge is 0.493 e. The van der Waals surface area contributed by atoms with E-state index in [-0.39, 0.29) is 29.6 Å². The molecule has 0 radical (unpaired) electrons. The Morgan fingerprint density at radius 2 is 1.77 bits per heavy atom. The van der Waals surface area contributed by atoms with E-state index in [9.17, 15) is 13.6 Å². The highest BCUT2D eigenvalue weighted by molar-refractivity contribution is 6.12. The van der Waals surface area contributed by atoms with Gasteiger partial charge in [0, 0.05) is 0 Å². The van der Waals surface area contributed by atoms with Gasteiger partial charge < -0.3 is 14.2 Å². The average molecular weight is 421 g/mol. The third kappa shape index (κ3) is 4.61.